The third kappa shape index (κ3) is 2.96. The van der Waals surface area contributed by atoms with Gasteiger partial charge in [-0.3, -0.25) is 0 Å². The molecular formula is C11H23NO. The second kappa shape index (κ2) is 3.97. The first-order chi connectivity index (χ1) is 5.94. The van der Waals surface area contributed by atoms with Crippen LogP contribution in [-0.2, 0) is 4.74 Å². The molecule has 1 aliphatic rings. The minimum absolute atomic E-state index is 0.00155. The van der Waals surface area contributed by atoms with E-state index in [-0.39, 0.29) is 5.60 Å². The minimum Gasteiger partial charge on any atom is -0.372 e. The van der Waals surface area contributed by atoms with Gasteiger partial charge >= 0.3 is 0 Å². The third-order valence-electron chi connectivity index (χ3n) is 2.86. The molecule has 2 nitrogen and oxygen atoms in total. The standard InChI is InChI=1S/C11H23NO/c1-8-9(12-5)6-7-10(8)13-11(2,3)4/h8-10,12H,6-7H2,1-5H3/t8-,9-,10+/m1/s1. The molecule has 0 bridgehead atoms. The molecule has 0 radical (unpaired) electrons. The van der Waals surface area contributed by atoms with Crippen LogP contribution in [0.1, 0.15) is 40.5 Å². The van der Waals surface area contributed by atoms with Crippen LogP contribution in [0.25, 0.3) is 0 Å². The van der Waals surface area contributed by atoms with Crippen LogP contribution < -0.4 is 5.32 Å². The summed E-state index contributed by atoms with van der Waals surface area (Å²) in [6.45, 7) is 8.68. The highest BCUT2D eigenvalue weighted by molar-refractivity contribution is 4.88. The van der Waals surface area contributed by atoms with Crippen LogP contribution in [0.3, 0.4) is 0 Å². The Bertz CT molecular complexity index is 162. The Morgan fingerprint density at radius 2 is 1.85 bits per heavy atom. The molecule has 3 atom stereocenters. The fraction of sp³-hybridized carbons (Fsp3) is 1.00. The Morgan fingerprint density at radius 1 is 1.23 bits per heavy atom. The predicted molar refractivity (Wildman–Crippen MR) is 55.9 cm³/mol. The van der Waals surface area contributed by atoms with Crippen LogP contribution in [0.5, 0.6) is 0 Å². The SMILES string of the molecule is CN[C@@H]1CC[C@H](OC(C)(C)C)[C@@H]1C. The van der Waals surface area contributed by atoms with Crippen molar-refractivity contribution in [3.05, 3.63) is 0 Å². The van der Waals surface area contributed by atoms with Gasteiger partial charge in [-0.1, -0.05) is 6.92 Å². The molecule has 0 aliphatic heterocycles. The molecule has 13 heavy (non-hydrogen) atoms. The summed E-state index contributed by atoms with van der Waals surface area (Å²) in [4.78, 5) is 0. The minimum atomic E-state index is 0.00155. The highest BCUT2D eigenvalue weighted by atomic mass is 16.5. The smallest absolute Gasteiger partial charge is 0.0623 e. The average molecular weight is 185 g/mol. The molecule has 1 saturated carbocycles. The normalized spacial score (nSPS) is 35.3. The van der Waals surface area contributed by atoms with Crippen molar-refractivity contribution in [2.24, 2.45) is 5.92 Å². The van der Waals surface area contributed by atoms with Crippen molar-refractivity contribution in [1.29, 1.82) is 0 Å². The monoisotopic (exact) mass is 185 g/mol. The maximum absolute atomic E-state index is 6.00. The molecule has 0 spiro atoms. The predicted octanol–water partition coefficient (Wildman–Crippen LogP) is 2.19. The Balaban J connectivity index is 2.46. The molecule has 1 N–H and O–H groups in total. The second-order valence-corrected chi connectivity index (χ2v) is 5.10. The number of rotatable bonds is 2. The Kier molecular flexibility index (Phi) is 3.36. The van der Waals surface area contributed by atoms with E-state index in [1.807, 2.05) is 7.05 Å². The first-order valence-electron chi connectivity index (χ1n) is 5.29. The van der Waals surface area contributed by atoms with Crippen molar-refractivity contribution in [3.63, 3.8) is 0 Å². The lowest BCUT2D eigenvalue weighted by atomic mass is 10.0. The van der Waals surface area contributed by atoms with Crippen molar-refractivity contribution in [3.8, 4) is 0 Å². The zero-order valence-electron chi connectivity index (χ0n) is 9.55. The molecule has 0 heterocycles. The van der Waals surface area contributed by atoms with E-state index in [0.29, 0.717) is 18.1 Å². The molecular weight excluding hydrogens is 162 g/mol. The van der Waals surface area contributed by atoms with Crippen LogP contribution in [0, 0.1) is 5.92 Å². The molecule has 0 aromatic rings. The van der Waals surface area contributed by atoms with E-state index < -0.39 is 0 Å². The number of hydrogen-bond acceptors (Lipinski definition) is 2. The summed E-state index contributed by atoms with van der Waals surface area (Å²) in [6.07, 6.45) is 2.89. The molecule has 0 amide bonds. The maximum atomic E-state index is 6.00. The fourth-order valence-electron chi connectivity index (χ4n) is 2.16. The van der Waals surface area contributed by atoms with Crippen LogP contribution in [-0.4, -0.2) is 24.8 Å². The average Bonchev–Trinajstić information content (AvgIpc) is 2.30. The lowest BCUT2D eigenvalue weighted by Crippen LogP contribution is -2.35. The summed E-state index contributed by atoms with van der Waals surface area (Å²) in [6, 6.07) is 0.646. The van der Waals surface area contributed by atoms with Crippen LogP contribution in [0.2, 0.25) is 0 Å². The van der Waals surface area contributed by atoms with E-state index in [9.17, 15) is 0 Å². The van der Waals surface area contributed by atoms with E-state index in [1.54, 1.807) is 0 Å². The summed E-state index contributed by atoms with van der Waals surface area (Å²) in [5.74, 6) is 0.643. The first kappa shape index (κ1) is 11.0. The molecule has 0 aromatic heterocycles. The van der Waals surface area contributed by atoms with Gasteiger partial charge < -0.3 is 10.1 Å². The second-order valence-electron chi connectivity index (χ2n) is 5.10. The highest BCUT2D eigenvalue weighted by Gasteiger charge is 2.34. The fourth-order valence-corrected chi connectivity index (χ4v) is 2.16. The van der Waals surface area contributed by atoms with Gasteiger partial charge in [-0.2, -0.15) is 0 Å². The Morgan fingerprint density at radius 3 is 2.23 bits per heavy atom. The molecule has 0 unspecified atom stereocenters. The molecule has 78 valence electrons. The molecule has 0 aromatic carbocycles. The molecule has 1 rings (SSSR count). The van der Waals surface area contributed by atoms with Gasteiger partial charge in [-0.05, 0) is 46.6 Å². The van der Waals surface area contributed by atoms with Gasteiger partial charge in [0.05, 0.1) is 11.7 Å². The van der Waals surface area contributed by atoms with Crippen LogP contribution in [0.15, 0.2) is 0 Å². The lowest BCUT2D eigenvalue weighted by Gasteiger charge is -2.28. The molecule has 2 heteroatoms. The van der Waals surface area contributed by atoms with Crippen molar-refractivity contribution in [1.82, 2.24) is 5.32 Å². The third-order valence-corrected chi connectivity index (χ3v) is 2.86. The summed E-state index contributed by atoms with van der Waals surface area (Å²) in [5.41, 5.74) is 0.00155. The van der Waals surface area contributed by atoms with Gasteiger partial charge in [0.2, 0.25) is 0 Å². The van der Waals surface area contributed by atoms with E-state index in [2.05, 4.69) is 33.0 Å². The van der Waals surface area contributed by atoms with Gasteiger partial charge in [0.15, 0.2) is 0 Å². The van der Waals surface area contributed by atoms with Crippen molar-refractivity contribution in [2.45, 2.75) is 58.3 Å². The first-order valence-corrected chi connectivity index (χ1v) is 5.29. The Hall–Kier alpha value is -0.0800. The van der Waals surface area contributed by atoms with E-state index in [1.165, 1.54) is 12.8 Å². The quantitative estimate of drug-likeness (QED) is 0.712. The van der Waals surface area contributed by atoms with Crippen molar-refractivity contribution in [2.75, 3.05) is 7.05 Å². The van der Waals surface area contributed by atoms with Crippen LogP contribution >= 0.6 is 0 Å². The summed E-state index contributed by atoms with van der Waals surface area (Å²) in [7, 11) is 2.04. The maximum Gasteiger partial charge on any atom is 0.0623 e. The van der Waals surface area contributed by atoms with Gasteiger partial charge in [-0.25, -0.2) is 0 Å². The van der Waals surface area contributed by atoms with Gasteiger partial charge in [0.25, 0.3) is 0 Å². The summed E-state index contributed by atoms with van der Waals surface area (Å²) in [5, 5.41) is 3.35. The largest absolute Gasteiger partial charge is 0.372 e. The summed E-state index contributed by atoms with van der Waals surface area (Å²) >= 11 is 0. The van der Waals surface area contributed by atoms with Gasteiger partial charge in [0, 0.05) is 6.04 Å². The van der Waals surface area contributed by atoms with E-state index in [4.69, 9.17) is 4.74 Å². The highest BCUT2D eigenvalue weighted by Crippen LogP contribution is 2.31. The zero-order chi connectivity index (χ0) is 10.1. The van der Waals surface area contributed by atoms with E-state index >= 15 is 0 Å². The number of hydrogen-bond donors (Lipinski definition) is 1. The number of nitrogens with one attached hydrogen (secondary N) is 1. The topological polar surface area (TPSA) is 21.3 Å². The van der Waals surface area contributed by atoms with E-state index in [0.717, 1.165) is 0 Å². The van der Waals surface area contributed by atoms with Crippen LogP contribution in [0.4, 0.5) is 0 Å². The summed E-state index contributed by atoms with van der Waals surface area (Å²) < 4.78 is 6.00. The molecule has 1 fully saturated rings. The molecule has 1 aliphatic carbocycles. The van der Waals surface area contributed by atoms with Crippen molar-refractivity contribution < 1.29 is 4.74 Å². The Labute approximate surface area is 82.0 Å². The van der Waals surface area contributed by atoms with Crippen molar-refractivity contribution >= 4 is 0 Å². The number of ether oxygens (including phenoxy) is 1. The van der Waals surface area contributed by atoms with Gasteiger partial charge in [-0.15, -0.1) is 0 Å². The molecule has 0 saturated heterocycles. The lowest BCUT2D eigenvalue weighted by molar-refractivity contribution is -0.0739. The zero-order valence-corrected chi connectivity index (χ0v) is 9.55. The van der Waals surface area contributed by atoms with Gasteiger partial charge in [0.1, 0.15) is 0 Å².